The summed E-state index contributed by atoms with van der Waals surface area (Å²) in [5, 5.41) is 2.84. The second-order valence-corrected chi connectivity index (χ2v) is 6.42. The van der Waals surface area contributed by atoms with Gasteiger partial charge in [0.25, 0.3) is 0 Å². The van der Waals surface area contributed by atoms with E-state index in [0.29, 0.717) is 6.42 Å². The van der Waals surface area contributed by atoms with Crippen molar-refractivity contribution in [3.63, 3.8) is 0 Å². The molecule has 4 heteroatoms. The van der Waals surface area contributed by atoms with E-state index in [1.165, 1.54) is 0 Å². The van der Waals surface area contributed by atoms with Gasteiger partial charge in [0.2, 0.25) is 5.91 Å². The maximum absolute atomic E-state index is 12.2. The first kappa shape index (κ1) is 18.9. The zero-order valence-electron chi connectivity index (χ0n) is 13.9. The summed E-state index contributed by atoms with van der Waals surface area (Å²) >= 11 is 0. The van der Waals surface area contributed by atoms with Gasteiger partial charge in [0, 0.05) is 6.42 Å². The first-order valence-electron chi connectivity index (χ1n) is 7.73. The molecule has 2 atom stereocenters. The van der Waals surface area contributed by atoms with Crippen LogP contribution < -0.4 is 5.32 Å². The molecule has 0 aromatic rings. The molecule has 0 unspecified atom stereocenters. The summed E-state index contributed by atoms with van der Waals surface area (Å²) in [6.45, 7) is 11.6. The summed E-state index contributed by atoms with van der Waals surface area (Å²) in [6, 6.07) is -0.548. The highest BCUT2D eigenvalue weighted by atomic mass is 16.6. The zero-order valence-corrected chi connectivity index (χ0v) is 13.9. The van der Waals surface area contributed by atoms with Crippen molar-refractivity contribution in [3.8, 4) is 0 Å². The summed E-state index contributed by atoms with van der Waals surface area (Å²) in [4.78, 5) is 24.1. The van der Waals surface area contributed by atoms with E-state index in [4.69, 9.17) is 4.74 Å². The standard InChI is InChI=1S/C16H31NO3/c1-7-9-10-11-13(18)17-14(12(3)8-2)15(19)20-16(4,5)6/h12,14H,7-11H2,1-6H3,(H,17,18)/t12-,14-/m0/s1. The van der Waals surface area contributed by atoms with Crippen LogP contribution in [0.25, 0.3) is 0 Å². The van der Waals surface area contributed by atoms with Crippen molar-refractivity contribution in [1.82, 2.24) is 5.32 Å². The predicted octanol–water partition coefficient (Wildman–Crippen LogP) is 3.44. The van der Waals surface area contributed by atoms with Crippen molar-refractivity contribution in [2.75, 3.05) is 0 Å². The van der Waals surface area contributed by atoms with Crippen LogP contribution in [0.2, 0.25) is 0 Å². The summed E-state index contributed by atoms with van der Waals surface area (Å²) < 4.78 is 5.40. The Balaban J connectivity index is 4.57. The van der Waals surface area contributed by atoms with Crippen LogP contribution in [0, 0.1) is 5.92 Å². The lowest BCUT2D eigenvalue weighted by molar-refractivity contribution is -0.160. The minimum Gasteiger partial charge on any atom is -0.458 e. The third-order valence-corrected chi connectivity index (χ3v) is 3.20. The predicted molar refractivity (Wildman–Crippen MR) is 81.4 cm³/mol. The van der Waals surface area contributed by atoms with Gasteiger partial charge in [-0.1, -0.05) is 40.0 Å². The summed E-state index contributed by atoms with van der Waals surface area (Å²) in [5.74, 6) is -0.328. The average Bonchev–Trinajstić information content (AvgIpc) is 2.33. The van der Waals surface area contributed by atoms with Gasteiger partial charge in [0.15, 0.2) is 0 Å². The van der Waals surface area contributed by atoms with E-state index in [2.05, 4.69) is 12.2 Å². The van der Waals surface area contributed by atoms with Gasteiger partial charge in [-0.3, -0.25) is 4.79 Å². The number of carbonyl (C=O) groups is 2. The van der Waals surface area contributed by atoms with Gasteiger partial charge in [-0.05, 0) is 33.1 Å². The van der Waals surface area contributed by atoms with E-state index < -0.39 is 11.6 Å². The number of ether oxygens (including phenoxy) is 1. The molecule has 0 aliphatic carbocycles. The van der Waals surface area contributed by atoms with Gasteiger partial charge in [-0.25, -0.2) is 4.79 Å². The number of esters is 1. The van der Waals surface area contributed by atoms with Crippen LogP contribution in [-0.4, -0.2) is 23.5 Å². The third-order valence-electron chi connectivity index (χ3n) is 3.20. The quantitative estimate of drug-likeness (QED) is 0.549. The molecule has 20 heavy (non-hydrogen) atoms. The Kier molecular flexibility index (Phi) is 8.51. The van der Waals surface area contributed by atoms with Crippen LogP contribution in [0.4, 0.5) is 0 Å². The van der Waals surface area contributed by atoms with Crippen molar-refractivity contribution in [2.45, 2.75) is 85.3 Å². The SMILES string of the molecule is CCCCCC(=O)N[C@H](C(=O)OC(C)(C)C)[C@@H](C)CC. The lowest BCUT2D eigenvalue weighted by Crippen LogP contribution is -2.47. The maximum atomic E-state index is 12.2. The van der Waals surface area contributed by atoms with E-state index in [9.17, 15) is 9.59 Å². The van der Waals surface area contributed by atoms with Gasteiger partial charge in [-0.2, -0.15) is 0 Å². The third kappa shape index (κ3) is 8.18. The lowest BCUT2D eigenvalue weighted by Gasteiger charge is -2.27. The molecule has 1 N–H and O–H groups in total. The normalized spacial score (nSPS) is 14.5. The first-order chi connectivity index (χ1) is 9.21. The lowest BCUT2D eigenvalue weighted by atomic mass is 9.98. The minimum absolute atomic E-state index is 0.0605. The summed E-state index contributed by atoms with van der Waals surface area (Å²) in [7, 11) is 0. The van der Waals surface area contributed by atoms with E-state index in [-0.39, 0.29) is 17.8 Å². The first-order valence-corrected chi connectivity index (χ1v) is 7.73. The molecule has 0 heterocycles. The molecule has 0 aromatic carbocycles. The Morgan fingerprint density at radius 2 is 1.75 bits per heavy atom. The molecule has 0 fully saturated rings. The van der Waals surface area contributed by atoms with Gasteiger partial charge in [-0.15, -0.1) is 0 Å². The molecular weight excluding hydrogens is 254 g/mol. The maximum Gasteiger partial charge on any atom is 0.329 e. The Labute approximate surface area is 123 Å². The van der Waals surface area contributed by atoms with E-state index >= 15 is 0 Å². The van der Waals surface area contributed by atoms with Crippen LogP contribution in [0.1, 0.15) is 73.6 Å². The van der Waals surface area contributed by atoms with E-state index in [1.54, 1.807) is 0 Å². The number of amides is 1. The Hall–Kier alpha value is -1.06. The van der Waals surface area contributed by atoms with Crippen molar-refractivity contribution < 1.29 is 14.3 Å². The Morgan fingerprint density at radius 3 is 2.20 bits per heavy atom. The molecule has 0 aromatic heterocycles. The highest BCUT2D eigenvalue weighted by Gasteiger charge is 2.30. The smallest absolute Gasteiger partial charge is 0.329 e. The van der Waals surface area contributed by atoms with Crippen molar-refractivity contribution in [2.24, 2.45) is 5.92 Å². The van der Waals surface area contributed by atoms with Crippen LogP contribution in [0.3, 0.4) is 0 Å². The van der Waals surface area contributed by atoms with Gasteiger partial charge in [0.05, 0.1) is 0 Å². The molecular formula is C16H31NO3. The minimum atomic E-state index is -0.548. The number of nitrogens with one attached hydrogen (secondary N) is 1. The fourth-order valence-corrected chi connectivity index (χ4v) is 1.82. The van der Waals surface area contributed by atoms with Gasteiger partial charge >= 0.3 is 5.97 Å². The Bertz CT molecular complexity index is 307. The molecule has 0 radical (unpaired) electrons. The van der Waals surface area contributed by atoms with Crippen LogP contribution in [0.15, 0.2) is 0 Å². The fourth-order valence-electron chi connectivity index (χ4n) is 1.82. The van der Waals surface area contributed by atoms with Gasteiger partial charge in [0.1, 0.15) is 11.6 Å². The highest BCUT2D eigenvalue weighted by molar-refractivity contribution is 5.84. The molecule has 0 saturated carbocycles. The number of carbonyl (C=O) groups excluding carboxylic acids is 2. The highest BCUT2D eigenvalue weighted by Crippen LogP contribution is 2.15. The Morgan fingerprint density at radius 1 is 1.15 bits per heavy atom. The van der Waals surface area contributed by atoms with Crippen LogP contribution >= 0.6 is 0 Å². The molecule has 0 aliphatic heterocycles. The second-order valence-electron chi connectivity index (χ2n) is 6.42. The largest absolute Gasteiger partial charge is 0.458 e. The van der Waals surface area contributed by atoms with Crippen molar-refractivity contribution in [1.29, 1.82) is 0 Å². The topological polar surface area (TPSA) is 55.4 Å². The summed E-state index contributed by atoms with van der Waals surface area (Å²) in [6.07, 6.45) is 4.27. The number of unbranched alkanes of at least 4 members (excludes halogenated alkanes) is 2. The fraction of sp³-hybridized carbons (Fsp3) is 0.875. The van der Waals surface area contributed by atoms with Crippen LogP contribution in [-0.2, 0) is 14.3 Å². The number of rotatable bonds is 8. The van der Waals surface area contributed by atoms with E-state index in [1.807, 2.05) is 34.6 Å². The molecule has 4 nitrogen and oxygen atoms in total. The monoisotopic (exact) mass is 285 g/mol. The summed E-state index contributed by atoms with van der Waals surface area (Å²) in [5.41, 5.74) is -0.532. The number of hydrogen-bond acceptors (Lipinski definition) is 3. The van der Waals surface area contributed by atoms with Gasteiger partial charge < -0.3 is 10.1 Å². The van der Waals surface area contributed by atoms with Crippen molar-refractivity contribution >= 4 is 11.9 Å². The number of hydrogen-bond donors (Lipinski definition) is 1. The van der Waals surface area contributed by atoms with E-state index in [0.717, 1.165) is 25.7 Å². The van der Waals surface area contributed by atoms with Crippen LogP contribution in [0.5, 0.6) is 0 Å². The average molecular weight is 285 g/mol. The second kappa shape index (κ2) is 8.98. The molecule has 118 valence electrons. The molecule has 0 rings (SSSR count). The van der Waals surface area contributed by atoms with Crippen molar-refractivity contribution in [3.05, 3.63) is 0 Å². The molecule has 1 amide bonds. The zero-order chi connectivity index (χ0) is 15.8. The molecule has 0 spiro atoms. The molecule has 0 aliphatic rings. The molecule has 0 saturated heterocycles. The molecule has 0 bridgehead atoms.